The zero-order chi connectivity index (χ0) is 9.42. The maximum atomic E-state index is 11.1. The van der Waals surface area contributed by atoms with Crippen LogP contribution in [0.25, 0.3) is 0 Å². The lowest BCUT2D eigenvalue weighted by Crippen LogP contribution is -2.39. The Morgan fingerprint density at radius 2 is 2.08 bits per heavy atom. The fourth-order valence-electron chi connectivity index (χ4n) is 1.53. The number of nitrogens with one attached hydrogen (secondary N) is 2. The number of esters is 1. The largest absolute Gasteiger partial charge is 0.465 e. The van der Waals surface area contributed by atoms with Gasteiger partial charge in [-0.3, -0.25) is 14.9 Å². The third-order valence-electron chi connectivity index (χ3n) is 2.18. The van der Waals surface area contributed by atoms with Crippen LogP contribution in [-0.2, 0) is 14.3 Å². The van der Waals surface area contributed by atoms with E-state index >= 15 is 0 Å². The molecule has 2 atom stereocenters. The van der Waals surface area contributed by atoms with Crippen molar-refractivity contribution in [1.82, 2.24) is 10.6 Å². The Labute approximate surface area is 73.6 Å². The minimum atomic E-state index is -0.748. The van der Waals surface area contributed by atoms with Crippen LogP contribution in [-0.4, -0.2) is 30.6 Å². The number of carbonyl (C=O) groups is 3. The lowest BCUT2D eigenvalue weighted by Gasteiger charge is -2.10. The van der Waals surface area contributed by atoms with E-state index in [2.05, 4.69) is 10.6 Å². The van der Waals surface area contributed by atoms with Crippen molar-refractivity contribution in [3.05, 3.63) is 0 Å². The number of cyclic esters (lactones) is 1. The van der Waals surface area contributed by atoms with Crippen LogP contribution < -0.4 is 10.6 Å². The van der Waals surface area contributed by atoms with Crippen molar-refractivity contribution in [3.8, 4) is 0 Å². The second kappa shape index (κ2) is 2.72. The highest BCUT2D eigenvalue weighted by Gasteiger charge is 2.43. The van der Waals surface area contributed by atoms with E-state index in [0.29, 0.717) is 13.0 Å². The van der Waals surface area contributed by atoms with Gasteiger partial charge in [0.1, 0.15) is 6.04 Å². The average Bonchev–Trinajstić information content (AvgIpc) is 2.58. The summed E-state index contributed by atoms with van der Waals surface area (Å²) in [6.45, 7) is 0.323. The zero-order valence-electron chi connectivity index (χ0n) is 6.70. The van der Waals surface area contributed by atoms with Crippen LogP contribution >= 0.6 is 0 Å². The molecule has 70 valence electrons. The van der Waals surface area contributed by atoms with Crippen molar-refractivity contribution in [2.24, 2.45) is 5.92 Å². The first-order valence-corrected chi connectivity index (χ1v) is 3.96. The molecule has 2 heterocycles. The molecule has 2 rings (SSSR count). The van der Waals surface area contributed by atoms with Crippen LogP contribution in [0, 0.1) is 5.92 Å². The molecule has 0 aliphatic carbocycles. The molecule has 13 heavy (non-hydrogen) atoms. The Bertz CT molecular complexity index is 288. The fourth-order valence-corrected chi connectivity index (χ4v) is 1.53. The van der Waals surface area contributed by atoms with Crippen LogP contribution in [0.5, 0.6) is 0 Å². The van der Waals surface area contributed by atoms with Crippen molar-refractivity contribution >= 4 is 17.9 Å². The molecule has 2 saturated heterocycles. The van der Waals surface area contributed by atoms with E-state index in [0.717, 1.165) is 0 Å². The van der Waals surface area contributed by atoms with Gasteiger partial charge in [0, 0.05) is 0 Å². The van der Waals surface area contributed by atoms with Gasteiger partial charge in [0.25, 0.3) is 5.91 Å². The minimum Gasteiger partial charge on any atom is -0.465 e. The first-order valence-electron chi connectivity index (χ1n) is 3.96. The Hall–Kier alpha value is -1.59. The summed E-state index contributed by atoms with van der Waals surface area (Å²) in [5, 5.41) is 4.44. The molecule has 0 bridgehead atoms. The smallest absolute Gasteiger partial charge is 0.322 e. The van der Waals surface area contributed by atoms with Crippen LogP contribution in [0.1, 0.15) is 6.42 Å². The van der Waals surface area contributed by atoms with Gasteiger partial charge in [-0.1, -0.05) is 0 Å². The standard InChI is InChI=1S/C7H8N2O4/c10-5-4(8-7(12)9-5)3-1-2-13-6(3)11/h3-4H,1-2H2,(H2,8,9,10,12)/t3-,4+/m1/s1. The van der Waals surface area contributed by atoms with Crippen LogP contribution in [0.15, 0.2) is 0 Å². The Kier molecular flexibility index (Phi) is 1.68. The summed E-state index contributed by atoms with van der Waals surface area (Å²) in [4.78, 5) is 32.9. The molecule has 6 nitrogen and oxygen atoms in total. The normalized spacial score (nSPS) is 32.8. The van der Waals surface area contributed by atoms with Gasteiger partial charge in [0.2, 0.25) is 0 Å². The molecule has 2 N–H and O–H groups in total. The highest BCUT2D eigenvalue weighted by molar-refractivity contribution is 6.06. The van der Waals surface area contributed by atoms with Crippen molar-refractivity contribution < 1.29 is 19.1 Å². The third-order valence-corrected chi connectivity index (χ3v) is 2.18. The summed E-state index contributed by atoms with van der Waals surface area (Å²) in [5.41, 5.74) is 0. The second-order valence-electron chi connectivity index (χ2n) is 3.00. The lowest BCUT2D eigenvalue weighted by atomic mass is 9.99. The first-order chi connectivity index (χ1) is 6.18. The lowest BCUT2D eigenvalue weighted by molar-refractivity contribution is -0.143. The van der Waals surface area contributed by atoms with E-state index in [1.807, 2.05) is 0 Å². The van der Waals surface area contributed by atoms with Gasteiger partial charge in [0.05, 0.1) is 12.5 Å². The van der Waals surface area contributed by atoms with E-state index in [1.165, 1.54) is 0 Å². The molecule has 0 aromatic carbocycles. The van der Waals surface area contributed by atoms with E-state index in [-0.39, 0.29) is 0 Å². The van der Waals surface area contributed by atoms with Crippen molar-refractivity contribution in [3.63, 3.8) is 0 Å². The number of carbonyl (C=O) groups excluding carboxylic acids is 3. The number of hydrogen-bond donors (Lipinski definition) is 2. The summed E-state index contributed by atoms with van der Waals surface area (Å²) in [5.74, 6) is -1.39. The van der Waals surface area contributed by atoms with Crippen molar-refractivity contribution in [1.29, 1.82) is 0 Å². The molecule has 2 aliphatic rings. The minimum absolute atomic E-state index is 0.323. The fraction of sp³-hybridized carbons (Fsp3) is 0.571. The average molecular weight is 184 g/mol. The molecular formula is C7H8N2O4. The predicted octanol–water partition coefficient (Wildman–Crippen LogP) is -1.24. The van der Waals surface area contributed by atoms with Gasteiger partial charge in [0.15, 0.2) is 0 Å². The molecule has 2 fully saturated rings. The molecule has 3 amide bonds. The van der Waals surface area contributed by atoms with Crippen molar-refractivity contribution in [2.45, 2.75) is 12.5 Å². The quantitative estimate of drug-likeness (QED) is 0.394. The summed E-state index contributed by atoms with van der Waals surface area (Å²) < 4.78 is 4.69. The number of rotatable bonds is 1. The summed E-state index contributed by atoms with van der Waals surface area (Å²) in [7, 11) is 0. The van der Waals surface area contributed by atoms with Crippen molar-refractivity contribution in [2.75, 3.05) is 6.61 Å². The molecule has 0 unspecified atom stereocenters. The van der Waals surface area contributed by atoms with Crippen LogP contribution in [0.3, 0.4) is 0 Å². The number of amides is 3. The molecule has 2 aliphatic heterocycles. The Balaban J connectivity index is 2.12. The molecule has 0 aromatic rings. The number of hydrogen-bond acceptors (Lipinski definition) is 4. The maximum absolute atomic E-state index is 11.1. The van der Waals surface area contributed by atoms with E-state index in [4.69, 9.17) is 4.74 Å². The number of urea groups is 1. The molecular weight excluding hydrogens is 176 g/mol. The van der Waals surface area contributed by atoms with Gasteiger partial charge in [-0.25, -0.2) is 4.79 Å². The SMILES string of the molecule is O=C1NC(=O)[C@H]([C@H]2CCOC2=O)N1. The topological polar surface area (TPSA) is 84.5 Å². The van der Waals surface area contributed by atoms with Crippen LogP contribution in [0.4, 0.5) is 4.79 Å². The second-order valence-corrected chi connectivity index (χ2v) is 3.00. The van der Waals surface area contributed by atoms with E-state index in [1.54, 1.807) is 0 Å². The van der Waals surface area contributed by atoms with Gasteiger partial charge in [-0.2, -0.15) is 0 Å². The monoisotopic (exact) mass is 184 g/mol. The number of imide groups is 1. The molecule has 6 heteroatoms. The van der Waals surface area contributed by atoms with Gasteiger partial charge in [-0.05, 0) is 6.42 Å². The highest BCUT2D eigenvalue weighted by Crippen LogP contribution is 2.20. The zero-order valence-corrected chi connectivity index (χ0v) is 6.70. The van der Waals surface area contributed by atoms with Gasteiger partial charge >= 0.3 is 12.0 Å². The van der Waals surface area contributed by atoms with E-state index in [9.17, 15) is 14.4 Å². The summed E-state index contributed by atoms with van der Waals surface area (Å²) in [6, 6.07) is -1.29. The maximum Gasteiger partial charge on any atom is 0.322 e. The molecule has 0 spiro atoms. The molecule has 0 radical (unpaired) electrons. The van der Waals surface area contributed by atoms with Gasteiger partial charge in [-0.15, -0.1) is 0 Å². The number of ether oxygens (including phenoxy) is 1. The van der Waals surface area contributed by atoms with Crippen LogP contribution in [0.2, 0.25) is 0 Å². The van der Waals surface area contributed by atoms with Gasteiger partial charge < -0.3 is 10.1 Å². The molecule has 0 saturated carbocycles. The summed E-state index contributed by atoms with van der Waals surface area (Å²) in [6.07, 6.45) is 0.483. The first kappa shape index (κ1) is 8.03. The highest BCUT2D eigenvalue weighted by atomic mass is 16.5. The Morgan fingerprint density at radius 3 is 2.54 bits per heavy atom. The predicted molar refractivity (Wildman–Crippen MR) is 39.5 cm³/mol. The summed E-state index contributed by atoms with van der Waals surface area (Å²) >= 11 is 0. The Morgan fingerprint density at radius 1 is 1.31 bits per heavy atom. The third kappa shape index (κ3) is 1.24. The van der Waals surface area contributed by atoms with E-state index < -0.39 is 29.9 Å². The molecule has 0 aromatic heterocycles.